The fourth-order valence-corrected chi connectivity index (χ4v) is 4.66. The minimum Gasteiger partial charge on any atom is -0.399 e. The fraction of sp³-hybridized carbons (Fsp3) is 0.579. The van der Waals surface area contributed by atoms with Crippen LogP contribution in [0.25, 0.3) is 10.9 Å². The molecular weight excluding hydrogens is 336 g/mol. The van der Waals surface area contributed by atoms with Gasteiger partial charge in [-0.2, -0.15) is 0 Å². The molecule has 25 heavy (non-hydrogen) atoms. The van der Waals surface area contributed by atoms with Crippen molar-refractivity contribution in [3.63, 3.8) is 0 Å². The third-order valence-corrected chi connectivity index (χ3v) is 7.20. The molecule has 3 nitrogen and oxygen atoms in total. The summed E-state index contributed by atoms with van der Waals surface area (Å²) >= 11 is 1.82. The number of aromatic amines is 1. The molecule has 134 valence electrons. The first-order valence-electron chi connectivity index (χ1n) is 9.02. The number of thioether (sulfide) groups is 1. The molecule has 4 rings (SSSR count). The Morgan fingerprint density at radius 3 is 2.36 bits per heavy atom. The molecule has 2 aromatic rings. The minimum atomic E-state index is -0.481. The molecular formula is C19H25BFNO2S. The number of benzene rings is 1. The van der Waals surface area contributed by atoms with Crippen molar-refractivity contribution in [3.8, 4) is 0 Å². The maximum absolute atomic E-state index is 14.5. The first-order valence-corrected chi connectivity index (χ1v) is 9.90. The fourth-order valence-electron chi connectivity index (χ4n) is 3.39. The van der Waals surface area contributed by atoms with Gasteiger partial charge in [0.05, 0.1) is 21.7 Å². The Kier molecular flexibility index (Phi) is 4.02. The maximum Gasteiger partial charge on any atom is 0.495 e. The summed E-state index contributed by atoms with van der Waals surface area (Å²) in [7, 11) is -0.481. The second-order valence-corrected chi connectivity index (χ2v) is 9.61. The van der Waals surface area contributed by atoms with E-state index in [1.807, 2.05) is 46.4 Å². The van der Waals surface area contributed by atoms with Crippen LogP contribution in [0, 0.1) is 12.7 Å². The lowest BCUT2D eigenvalue weighted by molar-refractivity contribution is 0.00578. The van der Waals surface area contributed by atoms with Gasteiger partial charge < -0.3 is 14.3 Å². The average molecular weight is 361 g/mol. The van der Waals surface area contributed by atoms with E-state index in [1.165, 1.54) is 19.3 Å². The zero-order valence-corrected chi connectivity index (χ0v) is 16.3. The van der Waals surface area contributed by atoms with Gasteiger partial charge in [-0.15, -0.1) is 11.8 Å². The topological polar surface area (TPSA) is 34.2 Å². The van der Waals surface area contributed by atoms with Gasteiger partial charge in [0, 0.05) is 10.6 Å². The molecule has 1 saturated heterocycles. The van der Waals surface area contributed by atoms with E-state index >= 15 is 0 Å². The molecule has 2 heterocycles. The average Bonchev–Trinajstić information content (AvgIpc) is 2.94. The van der Waals surface area contributed by atoms with Crippen molar-refractivity contribution in [2.45, 2.75) is 75.4 Å². The number of H-pyrrole nitrogens is 1. The lowest BCUT2D eigenvalue weighted by Gasteiger charge is -2.32. The SMILES string of the molecule is Cc1cc(F)c2[nH]c(SC3CCC3)cc2c1B1OC(C)(C)C(C)(C)O1. The Morgan fingerprint density at radius 1 is 1.16 bits per heavy atom. The highest BCUT2D eigenvalue weighted by atomic mass is 32.2. The molecule has 2 fully saturated rings. The number of nitrogens with one attached hydrogen (secondary N) is 1. The number of aryl methyl sites for hydroxylation is 1. The van der Waals surface area contributed by atoms with Crippen molar-refractivity contribution in [1.82, 2.24) is 4.98 Å². The molecule has 0 bridgehead atoms. The van der Waals surface area contributed by atoms with Crippen molar-refractivity contribution >= 4 is 35.2 Å². The number of fused-ring (bicyclic) bond motifs is 1. The summed E-state index contributed by atoms with van der Waals surface area (Å²) in [5.74, 6) is -0.215. The van der Waals surface area contributed by atoms with Gasteiger partial charge in [-0.25, -0.2) is 4.39 Å². The number of aromatic nitrogens is 1. The standard InChI is InChI=1S/C19H25BFNO2S/c1-11-9-14(21)17-13(10-15(22-17)25-12-7-6-8-12)16(11)20-23-18(2,3)19(4,5)24-20/h9-10,12,22H,6-8H2,1-5H3. The van der Waals surface area contributed by atoms with Gasteiger partial charge in [-0.3, -0.25) is 0 Å². The van der Waals surface area contributed by atoms with Crippen LogP contribution in [-0.2, 0) is 9.31 Å². The molecule has 0 atom stereocenters. The van der Waals surface area contributed by atoms with Crippen LogP contribution in [-0.4, -0.2) is 28.6 Å². The Hall–Kier alpha value is -0.975. The van der Waals surface area contributed by atoms with Crippen LogP contribution in [0.15, 0.2) is 17.2 Å². The molecule has 0 amide bonds. The molecule has 1 aliphatic heterocycles. The van der Waals surface area contributed by atoms with Gasteiger partial charge in [-0.05, 0) is 70.6 Å². The van der Waals surface area contributed by atoms with Crippen molar-refractivity contribution < 1.29 is 13.7 Å². The monoisotopic (exact) mass is 361 g/mol. The summed E-state index contributed by atoms with van der Waals surface area (Å²) in [6.45, 7) is 10.1. The van der Waals surface area contributed by atoms with E-state index in [0.29, 0.717) is 10.8 Å². The highest BCUT2D eigenvalue weighted by Crippen LogP contribution is 2.39. The van der Waals surface area contributed by atoms with Crippen molar-refractivity contribution in [1.29, 1.82) is 0 Å². The second kappa shape index (κ2) is 5.76. The lowest BCUT2D eigenvalue weighted by atomic mass is 9.74. The largest absolute Gasteiger partial charge is 0.495 e. The van der Waals surface area contributed by atoms with E-state index in [9.17, 15) is 4.39 Å². The predicted octanol–water partition coefficient (Wildman–Crippen LogP) is 4.56. The molecule has 0 unspecified atom stereocenters. The lowest BCUT2D eigenvalue weighted by Crippen LogP contribution is -2.41. The summed E-state index contributed by atoms with van der Waals surface area (Å²) in [5, 5.41) is 2.55. The zero-order valence-electron chi connectivity index (χ0n) is 15.5. The van der Waals surface area contributed by atoms with E-state index in [0.717, 1.165) is 21.4 Å². The van der Waals surface area contributed by atoms with Crippen LogP contribution in [0.3, 0.4) is 0 Å². The van der Waals surface area contributed by atoms with Gasteiger partial charge in [0.15, 0.2) is 0 Å². The van der Waals surface area contributed by atoms with Crippen LogP contribution >= 0.6 is 11.8 Å². The van der Waals surface area contributed by atoms with E-state index in [4.69, 9.17) is 9.31 Å². The quantitative estimate of drug-likeness (QED) is 0.814. The Balaban J connectivity index is 1.77. The minimum absolute atomic E-state index is 0.215. The number of rotatable bonds is 3. The summed E-state index contributed by atoms with van der Waals surface area (Å²) in [5.41, 5.74) is 1.53. The Labute approximate surface area is 153 Å². The normalized spacial score (nSPS) is 22.6. The molecule has 1 aromatic carbocycles. The second-order valence-electron chi connectivity index (χ2n) is 8.27. The zero-order chi connectivity index (χ0) is 18.0. The molecule has 0 spiro atoms. The van der Waals surface area contributed by atoms with Gasteiger partial charge in [-0.1, -0.05) is 6.42 Å². The highest BCUT2D eigenvalue weighted by molar-refractivity contribution is 7.99. The van der Waals surface area contributed by atoms with E-state index in [-0.39, 0.29) is 5.82 Å². The predicted molar refractivity (Wildman–Crippen MR) is 102 cm³/mol. The van der Waals surface area contributed by atoms with Crippen LogP contribution in [0.1, 0.15) is 52.5 Å². The number of halogens is 1. The first-order chi connectivity index (χ1) is 11.7. The van der Waals surface area contributed by atoms with Gasteiger partial charge in [0.2, 0.25) is 0 Å². The summed E-state index contributed by atoms with van der Waals surface area (Å²) < 4.78 is 27.0. The Bertz CT molecular complexity index is 812. The van der Waals surface area contributed by atoms with Crippen LogP contribution in [0.4, 0.5) is 4.39 Å². The van der Waals surface area contributed by atoms with Gasteiger partial charge >= 0.3 is 7.12 Å². The highest BCUT2D eigenvalue weighted by Gasteiger charge is 2.52. The van der Waals surface area contributed by atoms with Crippen molar-refractivity contribution in [3.05, 3.63) is 23.5 Å². The third kappa shape index (κ3) is 2.82. The van der Waals surface area contributed by atoms with Crippen LogP contribution in [0.2, 0.25) is 0 Å². The van der Waals surface area contributed by atoms with Crippen molar-refractivity contribution in [2.75, 3.05) is 0 Å². The molecule has 1 aromatic heterocycles. The summed E-state index contributed by atoms with van der Waals surface area (Å²) in [6.07, 6.45) is 3.78. The van der Waals surface area contributed by atoms with E-state index in [1.54, 1.807) is 6.07 Å². The smallest absolute Gasteiger partial charge is 0.399 e. The van der Waals surface area contributed by atoms with Crippen molar-refractivity contribution in [2.24, 2.45) is 0 Å². The van der Waals surface area contributed by atoms with E-state index in [2.05, 4.69) is 11.1 Å². The number of hydrogen-bond acceptors (Lipinski definition) is 3. The number of hydrogen-bond donors (Lipinski definition) is 1. The summed E-state index contributed by atoms with van der Waals surface area (Å²) in [4.78, 5) is 3.27. The van der Waals surface area contributed by atoms with Crippen LogP contribution < -0.4 is 5.46 Å². The van der Waals surface area contributed by atoms with Crippen LogP contribution in [0.5, 0.6) is 0 Å². The third-order valence-electron chi connectivity index (χ3n) is 5.92. The Morgan fingerprint density at radius 2 is 1.80 bits per heavy atom. The first kappa shape index (κ1) is 17.4. The van der Waals surface area contributed by atoms with Gasteiger partial charge in [0.25, 0.3) is 0 Å². The molecule has 1 N–H and O–H groups in total. The molecule has 1 saturated carbocycles. The molecule has 1 aliphatic carbocycles. The molecule has 6 heteroatoms. The molecule has 2 aliphatic rings. The molecule has 0 radical (unpaired) electrons. The van der Waals surface area contributed by atoms with E-state index < -0.39 is 18.3 Å². The summed E-state index contributed by atoms with van der Waals surface area (Å²) in [6, 6.07) is 3.64. The van der Waals surface area contributed by atoms with Gasteiger partial charge in [0.1, 0.15) is 5.82 Å². The maximum atomic E-state index is 14.5.